The Bertz CT molecular complexity index is 787. The molecule has 0 aliphatic carbocycles. The first-order valence-electron chi connectivity index (χ1n) is 8.80. The number of carbonyl (C=O) groups excluding carboxylic acids is 1. The maximum atomic E-state index is 12.1. The van der Waals surface area contributed by atoms with E-state index in [0.29, 0.717) is 6.04 Å². The molecule has 4 heterocycles. The Hall–Kier alpha value is -2.20. The van der Waals surface area contributed by atoms with E-state index in [1.54, 1.807) is 16.0 Å². The van der Waals surface area contributed by atoms with Crippen LogP contribution >= 0.6 is 11.5 Å². The van der Waals surface area contributed by atoms with Gasteiger partial charge in [0, 0.05) is 65.1 Å². The third-order valence-electron chi connectivity index (χ3n) is 4.94. The summed E-state index contributed by atoms with van der Waals surface area (Å²) in [5.74, 6) is 0.881. The second-order valence-corrected chi connectivity index (χ2v) is 7.83. The van der Waals surface area contributed by atoms with Crippen LogP contribution in [0.1, 0.15) is 18.3 Å². The molecule has 9 nitrogen and oxygen atoms in total. The van der Waals surface area contributed by atoms with Crippen LogP contribution < -0.4 is 9.80 Å². The molecule has 140 valence electrons. The molecule has 0 saturated carbocycles. The molecular formula is C16H24N8OS. The number of hydrogen-bond donors (Lipinski definition) is 0. The van der Waals surface area contributed by atoms with E-state index in [1.165, 1.54) is 11.5 Å². The monoisotopic (exact) mass is 376 g/mol. The minimum atomic E-state index is 0.0453. The van der Waals surface area contributed by atoms with Gasteiger partial charge >= 0.3 is 6.03 Å². The molecule has 0 spiro atoms. The maximum Gasteiger partial charge on any atom is 0.324 e. The van der Waals surface area contributed by atoms with E-state index in [2.05, 4.69) is 19.4 Å². The summed E-state index contributed by atoms with van der Waals surface area (Å²) < 4.78 is 6.45. The lowest BCUT2D eigenvalue weighted by atomic mass is 10.3. The fourth-order valence-corrected chi connectivity index (χ4v) is 4.01. The number of likely N-dealkylation sites (N-methyl/N-ethyl adjacent to an activating group) is 1. The summed E-state index contributed by atoms with van der Waals surface area (Å²) in [6.45, 7) is 4.18. The molecule has 26 heavy (non-hydrogen) atoms. The van der Waals surface area contributed by atoms with E-state index < -0.39 is 0 Å². The second-order valence-electron chi connectivity index (χ2n) is 7.10. The number of anilines is 2. The first kappa shape index (κ1) is 17.2. The molecule has 2 aromatic heterocycles. The Morgan fingerprint density at radius 2 is 2.15 bits per heavy atom. The zero-order chi connectivity index (χ0) is 18.3. The number of nitrogens with zero attached hydrogens (tertiary/aromatic N) is 8. The quantitative estimate of drug-likeness (QED) is 0.779. The minimum absolute atomic E-state index is 0.0453. The average Bonchev–Trinajstić information content (AvgIpc) is 3.37. The number of urea groups is 1. The maximum absolute atomic E-state index is 12.1. The van der Waals surface area contributed by atoms with Crippen molar-refractivity contribution in [3.63, 3.8) is 0 Å². The molecule has 2 fully saturated rings. The number of amides is 2. The normalized spacial score (nSPS) is 21.2. The molecule has 0 radical (unpaired) electrons. The highest BCUT2D eigenvalue weighted by atomic mass is 32.1. The largest absolute Gasteiger partial charge is 0.353 e. The van der Waals surface area contributed by atoms with Crippen LogP contribution in [0.4, 0.5) is 15.6 Å². The summed E-state index contributed by atoms with van der Waals surface area (Å²) in [6, 6.07) is 0.370. The topological polar surface area (TPSA) is 73.6 Å². The van der Waals surface area contributed by atoms with Crippen LogP contribution in [0.5, 0.6) is 0 Å². The van der Waals surface area contributed by atoms with Crippen LogP contribution in [0.2, 0.25) is 0 Å². The van der Waals surface area contributed by atoms with Gasteiger partial charge in [-0.15, -0.1) is 0 Å². The molecule has 2 saturated heterocycles. The zero-order valence-electron chi connectivity index (χ0n) is 15.4. The van der Waals surface area contributed by atoms with Crippen LogP contribution in [0.25, 0.3) is 0 Å². The molecule has 2 aliphatic heterocycles. The van der Waals surface area contributed by atoms with Gasteiger partial charge in [-0.3, -0.25) is 14.5 Å². The van der Waals surface area contributed by atoms with Gasteiger partial charge in [0.05, 0.1) is 24.5 Å². The zero-order valence-corrected chi connectivity index (χ0v) is 16.2. The first-order valence-corrected chi connectivity index (χ1v) is 9.57. The molecule has 2 aliphatic rings. The Kier molecular flexibility index (Phi) is 4.53. The van der Waals surface area contributed by atoms with Crippen molar-refractivity contribution in [2.45, 2.75) is 19.0 Å². The highest BCUT2D eigenvalue weighted by Crippen LogP contribution is 2.26. The molecule has 0 aromatic carbocycles. The van der Waals surface area contributed by atoms with E-state index in [0.717, 1.165) is 55.8 Å². The van der Waals surface area contributed by atoms with Crippen LogP contribution in [0.3, 0.4) is 0 Å². The fourth-order valence-electron chi connectivity index (χ4n) is 3.42. The van der Waals surface area contributed by atoms with Crippen molar-refractivity contribution in [3.05, 3.63) is 18.2 Å². The predicted octanol–water partition coefficient (Wildman–Crippen LogP) is 1.12. The lowest BCUT2D eigenvalue weighted by Crippen LogP contribution is -2.28. The SMILES string of the molecule is CN1CCN(c2cnn(C3CCN(Cc4nsc(N(C)C)n4)C3)c2)C1=O. The van der Waals surface area contributed by atoms with E-state index in [-0.39, 0.29) is 6.03 Å². The number of rotatable bonds is 5. The Morgan fingerprint density at radius 1 is 1.31 bits per heavy atom. The summed E-state index contributed by atoms with van der Waals surface area (Å²) in [6.07, 6.45) is 4.83. The average molecular weight is 376 g/mol. The molecule has 4 rings (SSSR count). The predicted molar refractivity (Wildman–Crippen MR) is 101 cm³/mol. The van der Waals surface area contributed by atoms with Gasteiger partial charge < -0.3 is 9.80 Å². The van der Waals surface area contributed by atoms with E-state index in [9.17, 15) is 4.79 Å². The first-order chi connectivity index (χ1) is 12.5. The number of carbonyl (C=O) groups is 1. The second kappa shape index (κ2) is 6.84. The number of likely N-dealkylation sites (tertiary alicyclic amines) is 1. The molecule has 1 unspecified atom stereocenters. The van der Waals surface area contributed by atoms with Crippen molar-refractivity contribution < 1.29 is 4.79 Å². The summed E-state index contributed by atoms with van der Waals surface area (Å²) in [5, 5.41) is 5.45. The highest BCUT2D eigenvalue weighted by Gasteiger charge is 2.30. The van der Waals surface area contributed by atoms with Crippen molar-refractivity contribution in [1.29, 1.82) is 0 Å². The molecule has 0 N–H and O–H groups in total. The van der Waals surface area contributed by atoms with E-state index >= 15 is 0 Å². The standard InChI is InChI=1S/C16H24N8OS/c1-20(2)15-18-14(19-26-15)11-22-5-4-12(9-22)24-10-13(8-17-24)23-7-6-21(3)16(23)25/h8,10,12H,4-7,9,11H2,1-3H3. The van der Waals surface area contributed by atoms with Gasteiger partial charge in [0.1, 0.15) is 0 Å². The van der Waals surface area contributed by atoms with Gasteiger partial charge in [-0.2, -0.15) is 9.47 Å². The third kappa shape index (κ3) is 3.26. The summed E-state index contributed by atoms with van der Waals surface area (Å²) >= 11 is 1.44. The Labute approximate surface area is 157 Å². The Balaban J connectivity index is 1.37. The number of aromatic nitrogens is 4. The van der Waals surface area contributed by atoms with Crippen LogP contribution in [-0.4, -0.2) is 82.3 Å². The number of hydrogen-bond acceptors (Lipinski definition) is 7. The molecular weight excluding hydrogens is 352 g/mol. The Morgan fingerprint density at radius 3 is 2.85 bits per heavy atom. The molecule has 2 amide bonds. The summed E-state index contributed by atoms with van der Waals surface area (Å²) in [4.78, 5) is 24.6. The fraction of sp³-hybridized carbons (Fsp3) is 0.625. The van der Waals surface area contributed by atoms with Crippen molar-refractivity contribution in [3.8, 4) is 0 Å². The van der Waals surface area contributed by atoms with Crippen molar-refractivity contribution in [1.82, 2.24) is 28.9 Å². The summed E-state index contributed by atoms with van der Waals surface area (Å²) in [5.41, 5.74) is 0.884. The van der Waals surface area contributed by atoms with Gasteiger partial charge in [-0.05, 0) is 6.42 Å². The lowest BCUT2D eigenvalue weighted by molar-refractivity contribution is 0.229. The minimum Gasteiger partial charge on any atom is -0.353 e. The van der Waals surface area contributed by atoms with Crippen LogP contribution in [-0.2, 0) is 6.54 Å². The van der Waals surface area contributed by atoms with Crippen LogP contribution in [0.15, 0.2) is 12.4 Å². The van der Waals surface area contributed by atoms with Crippen molar-refractivity contribution in [2.24, 2.45) is 0 Å². The molecule has 2 aromatic rings. The lowest BCUT2D eigenvalue weighted by Gasteiger charge is -2.15. The van der Waals surface area contributed by atoms with Gasteiger partial charge in [0.15, 0.2) is 5.82 Å². The van der Waals surface area contributed by atoms with Gasteiger partial charge in [-0.25, -0.2) is 9.78 Å². The van der Waals surface area contributed by atoms with E-state index in [1.807, 2.05) is 36.9 Å². The summed E-state index contributed by atoms with van der Waals surface area (Å²) in [7, 11) is 5.79. The van der Waals surface area contributed by atoms with Crippen molar-refractivity contribution >= 4 is 28.4 Å². The van der Waals surface area contributed by atoms with Gasteiger partial charge in [0.25, 0.3) is 0 Å². The molecule has 0 bridgehead atoms. The molecule has 10 heteroatoms. The highest BCUT2D eigenvalue weighted by molar-refractivity contribution is 7.09. The van der Waals surface area contributed by atoms with Crippen LogP contribution in [0, 0.1) is 0 Å². The smallest absolute Gasteiger partial charge is 0.324 e. The third-order valence-corrected chi connectivity index (χ3v) is 5.86. The van der Waals surface area contributed by atoms with Crippen molar-refractivity contribution in [2.75, 3.05) is 57.1 Å². The van der Waals surface area contributed by atoms with Gasteiger partial charge in [0.2, 0.25) is 5.13 Å². The molecule has 1 atom stereocenters. The van der Waals surface area contributed by atoms with Gasteiger partial charge in [-0.1, -0.05) is 0 Å². The van der Waals surface area contributed by atoms with E-state index in [4.69, 9.17) is 0 Å².